The van der Waals surface area contributed by atoms with E-state index in [-0.39, 0.29) is 6.09 Å². The van der Waals surface area contributed by atoms with Crippen molar-refractivity contribution in [3.05, 3.63) is 0 Å². The highest BCUT2D eigenvalue weighted by Crippen LogP contribution is 2.56. The van der Waals surface area contributed by atoms with Crippen molar-refractivity contribution >= 4 is 6.09 Å². The van der Waals surface area contributed by atoms with E-state index in [0.717, 1.165) is 25.3 Å². The van der Waals surface area contributed by atoms with Crippen molar-refractivity contribution in [1.82, 2.24) is 4.90 Å². The van der Waals surface area contributed by atoms with E-state index >= 15 is 0 Å². The largest absolute Gasteiger partial charge is 0.444 e. The second-order valence-corrected chi connectivity index (χ2v) is 8.17. The molecular formula is C17H32N2O2. The molecule has 2 aliphatic carbocycles. The summed E-state index contributed by atoms with van der Waals surface area (Å²) in [5.41, 5.74) is 5.81. The summed E-state index contributed by atoms with van der Waals surface area (Å²) in [5.74, 6) is 0.857. The average Bonchev–Trinajstić information content (AvgIpc) is 2.35. The van der Waals surface area contributed by atoms with Crippen LogP contribution < -0.4 is 5.73 Å². The first kappa shape index (κ1) is 16.6. The molecule has 4 nitrogen and oxygen atoms in total. The Morgan fingerprint density at radius 2 is 1.86 bits per heavy atom. The van der Waals surface area contributed by atoms with Gasteiger partial charge in [-0.2, -0.15) is 0 Å². The van der Waals surface area contributed by atoms with E-state index in [9.17, 15) is 4.79 Å². The smallest absolute Gasteiger partial charge is 0.410 e. The molecule has 122 valence electrons. The van der Waals surface area contributed by atoms with Crippen LogP contribution in [0.3, 0.4) is 0 Å². The summed E-state index contributed by atoms with van der Waals surface area (Å²) < 4.78 is 5.47. The Kier molecular flexibility index (Phi) is 4.86. The Balaban J connectivity index is 1.78. The third kappa shape index (κ3) is 4.12. The van der Waals surface area contributed by atoms with Crippen LogP contribution in [0, 0.1) is 11.3 Å². The quantitative estimate of drug-likeness (QED) is 0.866. The topological polar surface area (TPSA) is 55.6 Å². The van der Waals surface area contributed by atoms with E-state index in [1.165, 1.54) is 32.1 Å². The zero-order valence-electron chi connectivity index (χ0n) is 14.2. The molecule has 0 atom stereocenters. The van der Waals surface area contributed by atoms with Crippen LogP contribution in [0.2, 0.25) is 0 Å². The fourth-order valence-corrected chi connectivity index (χ4v) is 4.10. The zero-order chi connectivity index (χ0) is 15.7. The molecule has 2 rings (SSSR count). The van der Waals surface area contributed by atoms with Gasteiger partial charge in [0, 0.05) is 13.1 Å². The minimum absolute atomic E-state index is 0.182. The molecule has 2 saturated carbocycles. The number of hydrogen-bond donors (Lipinski definition) is 1. The zero-order valence-corrected chi connectivity index (χ0v) is 14.2. The lowest BCUT2D eigenvalue weighted by molar-refractivity contribution is -0.0208. The third-order valence-corrected chi connectivity index (χ3v) is 5.26. The third-order valence-electron chi connectivity index (χ3n) is 5.26. The molecule has 0 heterocycles. The highest BCUT2D eigenvalue weighted by atomic mass is 16.6. The Morgan fingerprint density at radius 3 is 2.33 bits per heavy atom. The van der Waals surface area contributed by atoms with E-state index in [1.54, 1.807) is 0 Å². The summed E-state index contributed by atoms with van der Waals surface area (Å²) >= 11 is 0. The van der Waals surface area contributed by atoms with E-state index < -0.39 is 5.60 Å². The van der Waals surface area contributed by atoms with Gasteiger partial charge in [-0.3, -0.25) is 0 Å². The normalized spacial score (nSPS) is 32.6. The van der Waals surface area contributed by atoms with Crippen LogP contribution in [0.5, 0.6) is 0 Å². The molecule has 2 aliphatic rings. The minimum atomic E-state index is -0.412. The van der Waals surface area contributed by atoms with Crippen molar-refractivity contribution in [2.75, 3.05) is 13.6 Å². The number of amides is 1. The molecule has 4 heteroatoms. The number of nitrogens with two attached hydrogens (primary N) is 1. The molecule has 0 unspecified atom stereocenters. The first-order valence-corrected chi connectivity index (χ1v) is 8.41. The van der Waals surface area contributed by atoms with Crippen molar-refractivity contribution in [3.63, 3.8) is 0 Å². The van der Waals surface area contributed by atoms with Crippen LogP contribution in [0.4, 0.5) is 4.79 Å². The fourth-order valence-electron chi connectivity index (χ4n) is 4.10. The highest BCUT2D eigenvalue weighted by molar-refractivity contribution is 5.68. The molecule has 0 radical (unpaired) electrons. The van der Waals surface area contributed by atoms with Gasteiger partial charge in [0.05, 0.1) is 0 Å². The average molecular weight is 296 g/mol. The van der Waals surface area contributed by atoms with Crippen molar-refractivity contribution in [1.29, 1.82) is 0 Å². The first-order chi connectivity index (χ1) is 9.75. The number of ether oxygens (including phenoxy) is 1. The molecule has 0 bridgehead atoms. The molecule has 21 heavy (non-hydrogen) atoms. The standard InChI is InChI=1S/C17H32N2O2/c1-16(2,3)21-15(20)19(4)14-5-8-17(9-6-14)11-13(12-17)7-10-18/h13-14H,5-12,18H2,1-4H3/t13-,14-,17?. The Bertz CT molecular complexity index is 359. The van der Waals surface area contributed by atoms with E-state index in [0.29, 0.717) is 11.5 Å². The van der Waals surface area contributed by atoms with Crippen LogP contribution in [-0.2, 0) is 4.74 Å². The minimum Gasteiger partial charge on any atom is -0.444 e. The Morgan fingerprint density at radius 1 is 1.29 bits per heavy atom. The molecule has 0 aromatic rings. The van der Waals surface area contributed by atoms with Crippen molar-refractivity contribution < 1.29 is 9.53 Å². The SMILES string of the molecule is CN(C(=O)OC(C)(C)C)[C@H]1CCC2(CC1)C[C@@H](CCN)C2. The van der Waals surface area contributed by atoms with Gasteiger partial charge in [-0.15, -0.1) is 0 Å². The van der Waals surface area contributed by atoms with E-state index in [1.807, 2.05) is 32.7 Å². The van der Waals surface area contributed by atoms with Crippen molar-refractivity contribution in [2.45, 2.75) is 77.4 Å². The van der Waals surface area contributed by atoms with Crippen LogP contribution in [0.15, 0.2) is 0 Å². The number of carbonyl (C=O) groups is 1. The molecule has 0 aromatic carbocycles. The summed E-state index contributed by atoms with van der Waals surface area (Å²) in [6.07, 6.45) is 8.45. The molecule has 0 saturated heterocycles. The van der Waals surface area contributed by atoms with E-state index in [4.69, 9.17) is 10.5 Å². The monoisotopic (exact) mass is 296 g/mol. The summed E-state index contributed by atoms with van der Waals surface area (Å²) in [7, 11) is 1.88. The molecule has 2 fully saturated rings. The molecule has 2 N–H and O–H groups in total. The van der Waals surface area contributed by atoms with Gasteiger partial charge >= 0.3 is 6.09 Å². The number of nitrogens with zero attached hydrogens (tertiary/aromatic N) is 1. The maximum atomic E-state index is 12.1. The van der Waals surface area contributed by atoms with E-state index in [2.05, 4.69) is 0 Å². The highest BCUT2D eigenvalue weighted by Gasteiger charge is 2.46. The molecule has 0 aliphatic heterocycles. The van der Waals surface area contributed by atoms with Crippen LogP contribution in [0.25, 0.3) is 0 Å². The second kappa shape index (κ2) is 6.15. The molecular weight excluding hydrogens is 264 g/mol. The van der Waals surface area contributed by atoms with Crippen molar-refractivity contribution in [2.24, 2.45) is 17.1 Å². The number of rotatable bonds is 3. The Hall–Kier alpha value is -0.770. The van der Waals surface area contributed by atoms with Gasteiger partial charge < -0.3 is 15.4 Å². The summed E-state index contributed by atoms with van der Waals surface area (Å²) in [4.78, 5) is 13.9. The van der Waals surface area contributed by atoms with Gasteiger partial charge in [0.1, 0.15) is 5.60 Å². The van der Waals surface area contributed by atoms with Gasteiger partial charge in [-0.1, -0.05) is 0 Å². The maximum Gasteiger partial charge on any atom is 0.410 e. The summed E-state index contributed by atoms with van der Waals surface area (Å²) in [6, 6.07) is 0.346. The lowest BCUT2D eigenvalue weighted by atomic mass is 9.54. The predicted octanol–water partition coefficient (Wildman–Crippen LogP) is 3.54. The van der Waals surface area contributed by atoms with Crippen LogP contribution >= 0.6 is 0 Å². The van der Waals surface area contributed by atoms with Gasteiger partial charge in [0.2, 0.25) is 0 Å². The number of hydrogen-bond acceptors (Lipinski definition) is 3. The first-order valence-electron chi connectivity index (χ1n) is 8.41. The van der Waals surface area contributed by atoms with Gasteiger partial charge in [0.15, 0.2) is 0 Å². The van der Waals surface area contributed by atoms with Crippen LogP contribution in [-0.4, -0.2) is 36.2 Å². The van der Waals surface area contributed by atoms with Crippen LogP contribution in [0.1, 0.15) is 65.7 Å². The molecule has 0 aromatic heterocycles. The molecule has 1 spiro atoms. The fraction of sp³-hybridized carbons (Fsp3) is 0.941. The predicted molar refractivity (Wildman–Crippen MR) is 85.1 cm³/mol. The Labute approximate surface area is 129 Å². The maximum absolute atomic E-state index is 12.1. The lowest BCUT2D eigenvalue weighted by Crippen LogP contribution is -2.47. The lowest BCUT2D eigenvalue weighted by Gasteiger charge is -2.52. The van der Waals surface area contributed by atoms with Gasteiger partial charge in [-0.25, -0.2) is 4.79 Å². The summed E-state index contributed by atoms with van der Waals surface area (Å²) in [5, 5.41) is 0. The summed E-state index contributed by atoms with van der Waals surface area (Å²) in [6.45, 7) is 6.58. The second-order valence-electron chi connectivity index (χ2n) is 8.17. The van der Waals surface area contributed by atoms with Crippen molar-refractivity contribution in [3.8, 4) is 0 Å². The van der Waals surface area contributed by atoms with Gasteiger partial charge in [-0.05, 0) is 83.6 Å². The number of carbonyl (C=O) groups excluding carboxylic acids is 1. The van der Waals surface area contributed by atoms with Gasteiger partial charge in [0.25, 0.3) is 0 Å². The molecule has 1 amide bonds.